The predicted molar refractivity (Wildman–Crippen MR) is 117 cm³/mol. The summed E-state index contributed by atoms with van der Waals surface area (Å²) < 4.78 is 0. The van der Waals surface area contributed by atoms with E-state index in [0.717, 1.165) is 33.5 Å². The van der Waals surface area contributed by atoms with Gasteiger partial charge in [-0.1, -0.05) is 39.0 Å². The van der Waals surface area contributed by atoms with Crippen molar-refractivity contribution in [3.8, 4) is 5.88 Å². The zero-order chi connectivity index (χ0) is 20.4. The van der Waals surface area contributed by atoms with Crippen LogP contribution in [0.1, 0.15) is 37.5 Å². The van der Waals surface area contributed by atoms with E-state index in [-0.39, 0.29) is 11.3 Å². The molecule has 5 nitrogen and oxygen atoms in total. The third kappa shape index (κ3) is 4.19. The van der Waals surface area contributed by atoms with E-state index in [1.807, 2.05) is 24.4 Å². The van der Waals surface area contributed by atoms with Crippen molar-refractivity contribution >= 4 is 22.4 Å². The molecule has 3 heterocycles. The highest BCUT2D eigenvalue weighted by Gasteiger charge is 2.14. The van der Waals surface area contributed by atoms with Gasteiger partial charge in [0.2, 0.25) is 5.88 Å². The number of anilines is 2. The molecule has 0 atom stereocenters. The van der Waals surface area contributed by atoms with Gasteiger partial charge < -0.3 is 10.4 Å². The molecule has 0 aliphatic heterocycles. The Bertz CT molecular complexity index is 1130. The molecule has 29 heavy (non-hydrogen) atoms. The smallest absolute Gasteiger partial charge is 0.210 e. The van der Waals surface area contributed by atoms with Gasteiger partial charge in [0.1, 0.15) is 5.82 Å². The van der Waals surface area contributed by atoms with Crippen LogP contribution < -0.4 is 5.32 Å². The molecule has 1 aromatic carbocycles. The third-order valence-electron chi connectivity index (χ3n) is 4.93. The lowest BCUT2D eigenvalue weighted by molar-refractivity contribution is 0.453. The van der Waals surface area contributed by atoms with Crippen LogP contribution in [0.3, 0.4) is 0 Å². The number of hydrogen-bond donors (Lipinski definition) is 2. The Morgan fingerprint density at radius 3 is 2.38 bits per heavy atom. The average Bonchev–Trinajstić information content (AvgIpc) is 2.71. The van der Waals surface area contributed by atoms with E-state index in [4.69, 9.17) is 0 Å². The summed E-state index contributed by atoms with van der Waals surface area (Å²) in [5.41, 5.74) is 5.32. The third-order valence-corrected chi connectivity index (χ3v) is 4.93. The maximum atomic E-state index is 9.39. The molecule has 0 fully saturated rings. The molecule has 4 rings (SSSR count). The van der Waals surface area contributed by atoms with Gasteiger partial charge in [0.15, 0.2) is 0 Å². The minimum Gasteiger partial charge on any atom is -0.493 e. The van der Waals surface area contributed by atoms with Crippen LogP contribution >= 0.6 is 0 Å². The highest BCUT2D eigenvalue weighted by molar-refractivity contribution is 5.92. The zero-order valence-corrected chi connectivity index (χ0v) is 16.8. The Labute approximate surface area is 170 Å². The van der Waals surface area contributed by atoms with E-state index in [2.05, 4.69) is 65.3 Å². The summed E-state index contributed by atoms with van der Waals surface area (Å²) in [6.45, 7) is 6.62. The number of nitrogens with zero attached hydrogens (tertiary/aromatic N) is 3. The van der Waals surface area contributed by atoms with Crippen LogP contribution in [-0.2, 0) is 11.8 Å². The fourth-order valence-electron chi connectivity index (χ4n) is 3.29. The molecule has 3 aromatic heterocycles. The Morgan fingerprint density at radius 1 is 0.897 bits per heavy atom. The van der Waals surface area contributed by atoms with Gasteiger partial charge in [-0.05, 0) is 40.8 Å². The molecular formula is C24H24N4O. The molecule has 0 aliphatic carbocycles. The number of benzene rings is 1. The first kappa shape index (κ1) is 18.9. The van der Waals surface area contributed by atoms with Crippen molar-refractivity contribution in [2.24, 2.45) is 0 Å². The van der Waals surface area contributed by atoms with E-state index < -0.39 is 0 Å². The quantitative estimate of drug-likeness (QED) is 0.495. The minimum atomic E-state index is 0.0203. The molecule has 5 heteroatoms. The standard InChI is InChI=1S/C24H24N4O/c1-24(2,3)18-7-9-19(10-8-18)28-23-20-5-4-12-25-22(20)17(15-27-23)13-16-6-11-21(29)26-14-16/h4-12,14-15H,13H2,1-3H3,(H,26,29)(H,27,28). The predicted octanol–water partition coefficient (Wildman–Crippen LogP) is 5.36. The lowest BCUT2D eigenvalue weighted by atomic mass is 9.87. The van der Waals surface area contributed by atoms with E-state index in [1.54, 1.807) is 18.5 Å². The van der Waals surface area contributed by atoms with Crippen molar-refractivity contribution in [1.82, 2.24) is 15.0 Å². The van der Waals surface area contributed by atoms with Gasteiger partial charge in [0.05, 0.1) is 5.52 Å². The number of fused-ring (bicyclic) bond motifs is 1. The van der Waals surface area contributed by atoms with Crippen molar-refractivity contribution in [3.63, 3.8) is 0 Å². The van der Waals surface area contributed by atoms with E-state index >= 15 is 0 Å². The Morgan fingerprint density at radius 2 is 1.69 bits per heavy atom. The van der Waals surface area contributed by atoms with Crippen LogP contribution in [0.4, 0.5) is 11.5 Å². The molecule has 0 unspecified atom stereocenters. The second-order valence-corrected chi connectivity index (χ2v) is 8.19. The molecule has 0 spiro atoms. The molecule has 4 aromatic rings. The van der Waals surface area contributed by atoms with Crippen molar-refractivity contribution in [1.29, 1.82) is 0 Å². The maximum absolute atomic E-state index is 9.39. The first-order valence-electron chi connectivity index (χ1n) is 9.64. The molecule has 0 amide bonds. The number of pyridine rings is 3. The Hall–Kier alpha value is -3.47. The van der Waals surface area contributed by atoms with Crippen LogP contribution in [0.2, 0.25) is 0 Å². The zero-order valence-electron chi connectivity index (χ0n) is 16.8. The number of hydrogen-bond acceptors (Lipinski definition) is 5. The molecule has 0 saturated heterocycles. The van der Waals surface area contributed by atoms with Gasteiger partial charge in [0, 0.05) is 47.7 Å². The number of rotatable bonds is 4. The molecule has 146 valence electrons. The van der Waals surface area contributed by atoms with Crippen LogP contribution in [0.5, 0.6) is 5.88 Å². The molecular weight excluding hydrogens is 360 g/mol. The lowest BCUT2D eigenvalue weighted by Gasteiger charge is -2.19. The Balaban J connectivity index is 1.65. The van der Waals surface area contributed by atoms with E-state index in [9.17, 15) is 5.11 Å². The van der Waals surface area contributed by atoms with E-state index in [0.29, 0.717) is 6.42 Å². The van der Waals surface area contributed by atoms with Gasteiger partial charge in [-0.15, -0.1) is 0 Å². The van der Waals surface area contributed by atoms with Gasteiger partial charge >= 0.3 is 0 Å². The van der Waals surface area contributed by atoms with Crippen LogP contribution in [0.25, 0.3) is 10.9 Å². The largest absolute Gasteiger partial charge is 0.493 e. The first-order valence-corrected chi connectivity index (χ1v) is 9.64. The van der Waals surface area contributed by atoms with Crippen molar-refractivity contribution in [2.45, 2.75) is 32.6 Å². The van der Waals surface area contributed by atoms with Crippen LogP contribution in [0.15, 0.2) is 67.1 Å². The lowest BCUT2D eigenvalue weighted by Crippen LogP contribution is -2.10. The number of aromatic nitrogens is 3. The molecule has 2 N–H and O–H groups in total. The van der Waals surface area contributed by atoms with Gasteiger partial charge in [-0.25, -0.2) is 9.97 Å². The average molecular weight is 384 g/mol. The van der Waals surface area contributed by atoms with Crippen LogP contribution in [0, 0.1) is 0 Å². The highest BCUT2D eigenvalue weighted by Crippen LogP contribution is 2.28. The molecule has 0 bridgehead atoms. The summed E-state index contributed by atoms with van der Waals surface area (Å²) in [5.74, 6) is 0.802. The van der Waals surface area contributed by atoms with E-state index in [1.165, 1.54) is 5.56 Å². The number of aromatic hydroxyl groups is 1. The van der Waals surface area contributed by atoms with Gasteiger partial charge in [0.25, 0.3) is 0 Å². The Kier molecular flexibility index (Phi) is 4.89. The van der Waals surface area contributed by atoms with Crippen molar-refractivity contribution < 1.29 is 5.11 Å². The monoisotopic (exact) mass is 384 g/mol. The second-order valence-electron chi connectivity index (χ2n) is 8.19. The van der Waals surface area contributed by atoms with Crippen molar-refractivity contribution in [3.05, 3.63) is 83.8 Å². The van der Waals surface area contributed by atoms with Gasteiger partial charge in [-0.2, -0.15) is 0 Å². The van der Waals surface area contributed by atoms with Crippen LogP contribution in [-0.4, -0.2) is 20.1 Å². The summed E-state index contributed by atoms with van der Waals surface area (Å²) in [6.07, 6.45) is 5.97. The topological polar surface area (TPSA) is 70.9 Å². The van der Waals surface area contributed by atoms with Crippen molar-refractivity contribution in [2.75, 3.05) is 5.32 Å². The molecule has 0 aliphatic rings. The highest BCUT2D eigenvalue weighted by atomic mass is 16.3. The first-order chi connectivity index (χ1) is 13.9. The fraction of sp³-hybridized carbons (Fsp3) is 0.208. The summed E-state index contributed by atoms with van der Waals surface area (Å²) in [7, 11) is 0. The maximum Gasteiger partial charge on any atom is 0.210 e. The summed E-state index contributed by atoms with van der Waals surface area (Å²) in [6, 6.07) is 15.9. The minimum absolute atomic E-state index is 0.0203. The second kappa shape index (κ2) is 7.51. The molecule has 0 radical (unpaired) electrons. The summed E-state index contributed by atoms with van der Waals surface area (Å²) in [4.78, 5) is 13.2. The molecule has 0 saturated carbocycles. The SMILES string of the molecule is CC(C)(C)c1ccc(Nc2ncc(Cc3ccc(O)nc3)c3ncccc23)cc1. The summed E-state index contributed by atoms with van der Waals surface area (Å²) >= 11 is 0. The van der Waals surface area contributed by atoms with Gasteiger partial charge in [-0.3, -0.25) is 4.98 Å². The number of nitrogens with one attached hydrogen (secondary N) is 1. The normalized spacial score (nSPS) is 11.6. The fourth-order valence-corrected chi connectivity index (χ4v) is 3.29. The summed E-state index contributed by atoms with van der Waals surface area (Å²) in [5, 5.41) is 13.8.